The number of nitrogens with one attached hydrogen (secondary N) is 2. The van der Waals surface area contributed by atoms with Gasteiger partial charge in [0, 0.05) is 19.1 Å². The predicted octanol–water partition coefficient (Wildman–Crippen LogP) is 1.39. The average molecular weight is 250 g/mol. The smallest absolute Gasteiger partial charge is 0.142 e. The molecule has 0 radical (unpaired) electrons. The third kappa shape index (κ3) is 3.37. The highest BCUT2D eigenvalue weighted by Gasteiger charge is 2.15. The zero-order valence-corrected chi connectivity index (χ0v) is 11.1. The molecule has 0 aliphatic carbocycles. The summed E-state index contributed by atoms with van der Waals surface area (Å²) in [6, 6.07) is 6.43. The van der Waals surface area contributed by atoms with Gasteiger partial charge in [-0.05, 0) is 18.1 Å². The summed E-state index contributed by atoms with van der Waals surface area (Å²) >= 11 is 0. The molecule has 1 aliphatic rings. The van der Waals surface area contributed by atoms with E-state index in [0.717, 1.165) is 24.4 Å². The highest BCUT2D eigenvalue weighted by atomic mass is 16.5. The third-order valence-electron chi connectivity index (χ3n) is 3.00. The van der Waals surface area contributed by atoms with Crippen molar-refractivity contribution in [2.45, 2.75) is 32.4 Å². The van der Waals surface area contributed by atoms with Crippen LogP contribution in [0.15, 0.2) is 18.2 Å². The fraction of sp³-hybridized carbons (Fsp3) is 0.571. The van der Waals surface area contributed by atoms with Crippen molar-refractivity contribution in [2.24, 2.45) is 0 Å². The van der Waals surface area contributed by atoms with E-state index in [1.54, 1.807) is 0 Å². The first-order valence-corrected chi connectivity index (χ1v) is 6.57. The molecule has 100 valence electrons. The van der Waals surface area contributed by atoms with Crippen LogP contribution in [-0.2, 0) is 6.42 Å². The van der Waals surface area contributed by atoms with Gasteiger partial charge in [-0.2, -0.15) is 0 Å². The standard InChI is InChI=1S/C14H22N2O2/c1-10(2)16-8-12(17)9-18-13-5-3-4-11-6-7-15-14(11)13/h3-5,10,12,15-17H,6-9H2,1-2H3/t12-/m1/s1. The van der Waals surface area contributed by atoms with E-state index in [1.165, 1.54) is 5.56 Å². The molecule has 18 heavy (non-hydrogen) atoms. The van der Waals surface area contributed by atoms with Gasteiger partial charge in [0.05, 0.1) is 5.69 Å². The lowest BCUT2D eigenvalue weighted by atomic mass is 10.1. The summed E-state index contributed by atoms with van der Waals surface area (Å²) < 4.78 is 5.69. The van der Waals surface area contributed by atoms with Gasteiger partial charge in [-0.25, -0.2) is 0 Å². The molecule has 0 saturated carbocycles. The Bertz CT molecular complexity index is 393. The molecule has 4 heteroatoms. The van der Waals surface area contributed by atoms with Gasteiger partial charge in [-0.3, -0.25) is 0 Å². The summed E-state index contributed by atoms with van der Waals surface area (Å²) in [5, 5.41) is 16.3. The molecule has 0 saturated heterocycles. The molecule has 0 amide bonds. The van der Waals surface area contributed by atoms with E-state index >= 15 is 0 Å². The second kappa shape index (κ2) is 6.07. The van der Waals surface area contributed by atoms with Crippen LogP contribution in [0.25, 0.3) is 0 Å². The molecule has 1 aromatic carbocycles. The summed E-state index contributed by atoms with van der Waals surface area (Å²) in [5.74, 6) is 0.841. The quantitative estimate of drug-likeness (QED) is 0.714. The van der Waals surface area contributed by atoms with Crippen LogP contribution in [-0.4, -0.2) is 36.9 Å². The second-order valence-electron chi connectivity index (χ2n) is 4.99. The second-order valence-corrected chi connectivity index (χ2v) is 4.99. The minimum Gasteiger partial charge on any atom is -0.489 e. The van der Waals surface area contributed by atoms with Gasteiger partial charge in [-0.15, -0.1) is 0 Å². The Balaban J connectivity index is 1.85. The zero-order valence-electron chi connectivity index (χ0n) is 11.1. The Labute approximate surface area is 108 Å². The maximum Gasteiger partial charge on any atom is 0.142 e. The number of hydrogen-bond donors (Lipinski definition) is 3. The van der Waals surface area contributed by atoms with E-state index in [9.17, 15) is 5.11 Å². The fourth-order valence-electron chi connectivity index (χ4n) is 2.04. The monoisotopic (exact) mass is 250 g/mol. The SMILES string of the molecule is CC(C)NC[C@@H](O)COc1cccc2c1NCC2. The minimum atomic E-state index is -0.482. The average Bonchev–Trinajstić information content (AvgIpc) is 2.82. The first kappa shape index (κ1) is 13.2. The first-order valence-electron chi connectivity index (χ1n) is 6.57. The number of anilines is 1. The molecular formula is C14H22N2O2. The molecule has 2 rings (SSSR count). The van der Waals surface area contributed by atoms with Crippen molar-refractivity contribution in [1.82, 2.24) is 5.32 Å². The van der Waals surface area contributed by atoms with Crippen molar-refractivity contribution in [3.8, 4) is 5.75 Å². The van der Waals surface area contributed by atoms with E-state index in [4.69, 9.17) is 4.74 Å². The van der Waals surface area contributed by atoms with Gasteiger partial charge in [0.25, 0.3) is 0 Å². The van der Waals surface area contributed by atoms with Gasteiger partial charge in [0.2, 0.25) is 0 Å². The Morgan fingerprint density at radius 1 is 1.44 bits per heavy atom. The number of hydrogen-bond acceptors (Lipinski definition) is 4. The van der Waals surface area contributed by atoms with Crippen LogP contribution < -0.4 is 15.4 Å². The lowest BCUT2D eigenvalue weighted by Crippen LogP contribution is -2.35. The van der Waals surface area contributed by atoms with Crippen molar-refractivity contribution in [3.05, 3.63) is 23.8 Å². The summed E-state index contributed by atoms with van der Waals surface area (Å²) in [6.45, 7) is 5.95. The Kier molecular flexibility index (Phi) is 4.44. The summed E-state index contributed by atoms with van der Waals surface area (Å²) in [5.41, 5.74) is 2.38. The minimum absolute atomic E-state index is 0.317. The lowest BCUT2D eigenvalue weighted by molar-refractivity contribution is 0.105. The first-order chi connectivity index (χ1) is 8.66. The van der Waals surface area contributed by atoms with Crippen molar-refractivity contribution in [1.29, 1.82) is 0 Å². The molecule has 1 aliphatic heterocycles. The number of para-hydroxylation sites is 1. The number of benzene rings is 1. The molecule has 0 fully saturated rings. The van der Waals surface area contributed by atoms with E-state index in [2.05, 4.69) is 30.5 Å². The van der Waals surface area contributed by atoms with Crippen LogP contribution in [0.4, 0.5) is 5.69 Å². The number of aliphatic hydroxyl groups excluding tert-OH is 1. The molecule has 3 N–H and O–H groups in total. The topological polar surface area (TPSA) is 53.5 Å². The van der Waals surface area contributed by atoms with Gasteiger partial charge < -0.3 is 20.5 Å². The van der Waals surface area contributed by atoms with E-state index < -0.39 is 6.10 Å². The Morgan fingerprint density at radius 2 is 2.28 bits per heavy atom. The van der Waals surface area contributed by atoms with Crippen molar-refractivity contribution < 1.29 is 9.84 Å². The van der Waals surface area contributed by atoms with Gasteiger partial charge >= 0.3 is 0 Å². The van der Waals surface area contributed by atoms with Crippen LogP contribution in [0.1, 0.15) is 19.4 Å². The van der Waals surface area contributed by atoms with Crippen LogP contribution in [0.3, 0.4) is 0 Å². The Hall–Kier alpha value is -1.26. The molecule has 0 bridgehead atoms. The third-order valence-corrected chi connectivity index (χ3v) is 3.00. The van der Waals surface area contributed by atoms with Crippen molar-refractivity contribution in [2.75, 3.05) is 25.0 Å². The van der Waals surface area contributed by atoms with Crippen LogP contribution in [0.2, 0.25) is 0 Å². The highest BCUT2D eigenvalue weighted by molar-refractivity contribution is 5.65. The number of ether oxygens (including phenoxy) is 1. The molecule has 0 aromatic heterocycles. The largest absolute Gasteiger partial charge is 0.489 e. The molecule has 1 aromatic rings. The molecule has 1 heterocycles. The lowest BCUT2D eigenvalue weighted by Gasteiger charge is -2.16. The van der Waals surface area contributed by atoms with Gasteiger partial charge in [0.1, 0.15) is 18.5 Å². The van der Waals surface area contributed by atoms with Crippen molar-refractivity contribution in [3.63, 3.8) is 0 Å². The summed E-state index contributed by atoms with van der Waals surface area (Å²) in [7, 11) is 0. The highest BCUT2D eigenvalue weighted by Crippen LogP contribution is 2.32. The van der Waals surface area contributed by atoms with E-state index in [-0.39, 0.29) is 0 Å². The molecule has 1 atom stereocenters. The van der Waals surface area contributed by atoms with Gasteiger partial charge in [0.15, 0.2) is 0 Å². The maximum atomic E-state index is 9.80. The van der Waals surface area contributed by atoms with E-state index in [0.29, 0.717) is 19.2 Å². The fourth-order valence-corrected chi connectivity index (χ4v) is 2.04. The predicted molar refractivity (Wildman–Crippen MR) is 73.3 cm³/mol. The summed E-state index contributed by atoms with van der Waals surface area (Å²) in [6.07, 6.45) is 0.564. The maximum absolute atomic E-state index is 9.80. The molecule has 0 spiro atoms. The molecule has 4 nitrogen and oxygen atoms in total. The number of aliphatic hydroxyl groups is 1. The number of rotatable bonds is 6. The normalized spacial score (nSPS) is 15.3. The van der Waals surface area contributed by atoms with Gasteiger partial charge in [-0.1, -0.05) is 26.0 Å². The van der Waals surface area contributed by atoms with Crippen LogP contribution in [0.5, 0.6) is 5.75 Å². The molecular weight excluding hydrogens is 228 g/mol. The van der Waals surface area contributed by atoms with Crippen LogP contribution in [0, 0.1) is 0 Å². The van der Waals surface area contributed by atoms with Crippen LogP contribution >= 0.6 is 0 Å². The van der Waals surface area contributed by atoms with E-state index in [1.807, 2.05) is 12.1 Å². The molecule has 0 unspecified atom stereocenters. The Morgan fingerprint density at radius 3 is 3.06 bits per heavy atom. The summed E-state index contributed by atoms with van der Waals surface area (Å²) in [4.78, 5) is 0. The van der Waals surface area contributed by atoms with Crippen molar-refractivity contribution >= 4 is 5.69 Å². The number of fused-ring (bicyclic) bond motifs is 1. The zero-order chi connectivity index (χ0) is 13.0.